The standard InChI is InChI=1S/C47H33N3Si.C36H26BrNSi/c1-3-14-36(15-4-1)51(37-16-5-2-6-17-37,38-29-25-34(26-30-38)49-44-22-10-7-18-40(44)41-19-8-11-23-45(41)49)39-31-27-35(28-32-39)50-46-24-12-9-20-42(46)43-21-13-33-48-47(43)50;37-27-19-23-31(24-20-27)39(29-11-3-1-4-12-29,30-13-5-2-6-14-30)32-25-21-28(22-26-32)38-35-17-9-7-15-33(35)34-16-8-10-18-36(34)38/h1-33H;1-26H. The first-order valence-electron chi connectivity index (χ1n) is 30.7. The molecule has 17 aromatic rings. The smallest absolute Gasteiger partial charge is 0.179 e. The van der Waals surface area contributed by atoms with Gasteiger partial charge in [0, 0.05) is 60.0 Å². The van der Waals surface area contributed by atoms with Crippen LogP contribution in [0.15, 0.2) is 363 Å². The normalized spacial score (nSPS) is 11.8. The van der Waals surface area contributed by atoms with Crippen LogP contribution in [0.4, 0.5) is 0 Å². The number of nitrogens with zero attached hydrogens (tertiary/aromatic N) is 4. The summed E-state index contributed by atoms with van der Waals surface area (Å²) in [4.78, 5) is 4.85. The van der Waals surface area contributed by atoms with Crippen LogP contribution in [0.5, 0.6) is 0 Å². The molecule has 0 saturated heterocycles. The highest BCUT2D eigenvalue weighted by Crippen LogP contribution is 2.35. The molecule has 0 aliphatic heterocycles. The lowest BCUT2D eigenvalue weighted by atomic mass is 10.2. The van der Waals surface area contributed by atoms with Gasteiger partial charge in [0.15, 0.2) is 16.1 Å². The number of hydrogen-bond donors (Lipinski definition) is 0. The minimum atomic E-state index is -2.76. The molecule has 7 heteroatoms. The fourth-order valence-electron chi connectivity index (χ4n) is 14.5. The zero-order chi connectivity index (χ0) is 60.0. The van der Waals surface area contributed by atoms with Gasteiger partial charge < -0.3 is 9.13 Å². The van der Waals surface area contributed by atoms with Gasteiger partial charge >= 0.3 is 0 Å². The third kappa shape index (κ3) is 9.03. The Kier molecular flexibility index (Phi) is 14.0. The Bertz CT molecular complexity index is 5000. The number of rotatable bonds is 11. The van der Waals surface area contributed by atoms with E-state index in [9.17, 15) is 0 Å². The molecule has 0 radical (unpaired) electrons. The second-order valence-electron chi connectivity index (χ2n) is 23.1. The maximum absolute atomic E-state index is 4.85. The third-order valence-electron chi connectivity index (χ3n) is 18.4. The molecule has 0 aliphatic carbocycles. The molecular weight excluding hydrogens is 1190 g/mol. The zero-order valence-electron chi connectivity index (χ0n) is 49.2. The molecule has 17 rings (SSSR count). The largest absolute Gasteiger partial charge is 0.309 e. The van der Waals surface area contributed by atoms with Crippen LogP contribution in [0.25, 0.3) is 82.6 Å². The molecule has 4 aromatic heterocycles. The maximum Gasteiger partial charge on any atom is 0.179 e. The van der Waals surface area contributed by atoms with E-state index in [1.807, 2.05) is 12.3 Å². The van der Waals surface area contributed by atoms with Crippen molar-refractivity contribution in [2.24, 2.45) is 0 Å². The summed E-state index contributed by atoms with van der Waals surface area (Å²) in [6, 6.07) is 129. The predicted octanol–water partition coefficient (Wildman–Crippen LogP) is 15.6. The van der Waals surface area contributed by atoms with Gasteiger partial charge in [0.25, 0.3) is 0 Å². The molecule has 0 amide bonds. The van der Waals surface area contributed by atoms with Gasteiger partial charge in [-0.3, -0.25) is 4.57 Å². The highest BCUT2D eigenvalue weighted by molar-refractivity contribution is 9.10. The lowest BCUT2D eigenvalue weighted by molar-refractivity contribution is 1.14. The molecule has 0 saturated carbocycles. The summed E-state index contributed by atoms with van der Waals surface area (Å²) < 4.78 is 8.18. The van der Waals surface area contributed by atoms with E-state index in [-0.39, 0.29) is 0 Å². The van der Waals surface area contributed by atoms with Crippen molar-refractivity contribution in [1.82, 2.24) is 18.7 Å². The van der Waals surface area contributed by atoms with Crippen LogP contribution in [0.1, 0.15) is 0 Å². The summed E-state index contributed by atoms with van der Waals surface area (Å²) in [6.07, 6.45) is 1.89. The second kappa shape index (κ2) is 23.1. The molecule has 90 heavy (non-hydrogen) atoms. The molecule has 0 N–H and O–H groups in total. The van der Waals surface area contributed by atoms with Gasteiger partial charge in [-0.25, -0.2) is 4.98 Å². The van der Waals surface area contributed by atoms with Crippen molar-refractivity contribution < 1.29 is 0 Å². The average Bonchev–Trinajstić information content (AvgIpc) is 0.832. The van der Waals surface area contributed by atoms with Gasteiger partial charge in [0.1, 0.15) is 5.65 Å². The van der Waals surface area contributed by atoms with E-state index in [1.54, 1.807) is 0 Å². The minimum Gasteiger partial charge on any atom is -0.309 e. The Labute approximate surface area is 533 Å². The number of aromatic nitrogens is 4. The third-order valence-corrected chi connectivity index (χ3v) is 28.5. The van der Waals surface area contributed by atoms with Gasteiger partial charge in [-0.1, -0.05) is 277 Å². The first-order valence-corrected chi connectivity index (χ1v) is 35.5. The molecule has 0 aliphatic rings. The SMILES string of the molecule is Brc1ccc([Si](c2ccccc2)(c2ccccc2)c2ccc(-n3c4ccccc4c4ccccc43)cc2)cc1.c1ccc([Si](c2ccccc2)(c2ccc(-n3c4ccccc4c4ccccc43)cc2)c2ccc(-n3c4ccccc4c4cccnc43)cc2)cc1. The fourth-order valence-corrected chi connectivity index (χ4v) is 24.2. The van der Waals surface area contributed by atoms with E-state index in [0.29, 0.717) is 0 Å². The quantitative estimate of drug-likeness (QED) is 0.0937. The highest BCUT2D eigenvalue weighted by atomic mass is 79.9. The predicted molar refractivity (Wildman–Crippen MR) is 389 cm³/mol. The Hall–Kier alpha value is -10.7. The summed E-state index contributed by atoms with van der Waals surface area (Å²) >= 11 is 3.66. The van der Waals surface area contributed by atoms with Crippen molar-refractivity contribution in [3.8, 4) is 17.1 Å². The number of hydrogen-bond acceptors (Lipinski definition) is 1. The van der Waals surface area contributed by atoms with Crippen molar-refractivity contribution in [2.75, 3.05) is 0 Å². The van der Waals surface area contributed by atoms with Crippen molar-refractivity contribution in [1.29, 1.82) is 0 Å². The lowest BCUT2D eigenvalue weighted by Crippen LogP contribution is -2.74. The van der Waals surface area contributed by atoms with Gasteiger partial charge in [0.2, 0.25) is 0 Å². The highest BCUT2D eigenvalue weighted by Gasteiger charge is 2.43. The molecule has 0 unspecified atom stereocenters. The van der Waals surface area contributed by atoms with Crippen LogP contribution >= 0.6 is 15.9 Å². The number of benzene rings is 13. The van der Waals surface area contributed by atoms with Crippen molar-refractivity contribution in [3.63, 3.8) is 0 Å². The number of fused-ring (bicyclic) bond motifs is 9. The molecule has 13 aromatic carbocycles. The van der Waals surface area contributed by atoms with Crippen molar-refractivity contribution in [3.05, 3.63) is 363 Å². The van der Waals surface area contributed by atoms with Crippen LogP contribution in [0.3, 0.4) is 0 Å². The Morgan fingerprint density at radius 1 is 0.211 bits per heavy atom. The van der Waals surface area contributed by atoms with Gasteiger partial charge in [-0.2, -0.15) is 0 Å². The van der Waals surface area contributed by atoms with E-state index >= 15 is 0 Å². The molecule has 426 valence electrons. The van der Waals surface area contributed by atoms with Crippen molar-refractivity contribution >= 4 is 139 Å². The summed E-state index contributed by atoms with van der Waals surface area (Å²) in [5.41, 5.74) is 10.5. The van der Waals surface area contributed by atoms with Crippen LogP contribution in [0.2, 0.25) is 0 Å². The van der Waals surface area contributed by atoms with Gasteiger partial charge in [-0.05, 0) is 132 Å². The summed E-state index contributed by atoms with van der Waals surface area (Å²) in [6.45, 7) is 0. The first-order chi connectivity index (χ1) is 44.6. The molecule has 0 bridgehead atoms. The minimum absolute atomic E-state index is 0.974. The van der Waals surface area contributed by atoms with Crippen LogP contribution in [-0.4, -0.2) is 34.8 Å². The molecule has 4 heterocycles. The van der Waals surface area contributed by atoms with Crippen LogP contribution in [-0.2, 0) is 0 Å². The van der Waals surface area contributed by atoms with E-state index in [0.717, 1.165) is 32.4 Å². The first kappa shape index (κ1) is 54.7. The van der Waals surface area contributed by atoms with E-state index in [1.165, 1.54) is 96.2 Å². The Morgan fingerprint density at radius 3 is 0.767 bits per heavy atom. The second-order valence-corrected chi connectivity index (χ2v) is 31.6. The number of pyridine rings is 1. The molecule has 0 fully saturated rings. The number of halogens is 1. The molecule has 0 spiro atoms. The number of para-hydroxylation sites is 5. The Balaban J connectivity index is 0.000000150. The molecular formula is C83H59BrN4Si2. The zero-order valence-corrected chi connectivity index (χ0v) is 52.8. The van der Waals surface area contributed by atoms with Gasteiger partial charge in [0.05, 0.1) is 27.6 Å². The average molecular weight is 1250 g/mol. The summed E-state index contributed by atoms with van der Waals surface area (Å²) in [5, 5.41) is 18.4. The van der Waals surface area contributed by atoms with Gasteiger partial charge in [-0.15, -0.1) is 0 Å². The lowest BCUT2D eigenvalue weighted by Gasteiger charge is -2.34. The fraction of sp³-hybridized carbons (Fsp3) is 0. The van der Waals surface area contributed by atoms with Crippen molar-refractivity contribution in [2.45, 2.75) is 0 Å². The topological polar surface area (TPSA) is 27.7 Å². The monoisotopic (exact) mass is 1250 g/mol. The molecule has 4 nitrogen and oxygen atoms in total. The van der Waals surface area contributed by atoms with E-state index in [2.05, 4.69) is 375 Å². The van der Waals surface area contributed by atoms with E-state index < -0.39 is 16.1 Å². The Morgan fingerprint density at radius 2 is 0.444 bits per heavy atom. The van der Waals surface area contributed by atoms with Crippen LogP contribution in [0, 0.1) is 0 Å². The maximum atomic E-state index is 4.85. The summed E-state index contributed by atoms with van der Waals surface area (Å²) in [7, 11) is -5.33. The molecule has 0 atom stereocenters. The van der Waals surface area contributed by atoms with E-state index in [4.69, 9.17) is 4.98 Å². The van der Waals surface area contributed by atoms with Crippen LogP contribution < -0.4 is 41.5 Å². The summed E-state index contributed by atoms with van der Waals surface area (Å²) in [5.74, 6) is 0.